The second kappa shape index (κ2) is 8.32. The molecule has 2 heterocycles. The number of carbonyl (C=O) groups excluding carboxylic acids is 2. The highest BCUT2D eigenvalue weighted by Gasteiger charge is 2.19. The van der Waals surface area contributed by atoms with Crippen molar-refractivity contribution in [2.75, 3.05) is 24.2 Å². The zero-order valence-electron chi connectivity index (χ0n) is 15.6. The standard InChI is InChI=1S/C21H21N3O2S2/c1-14-22-17-9-8-15(12-19(17)28-14)23-21(26)16-6-2-3-7-18(16)27-13-20(25)24-10-4-5-11-24/h2-3,6-9,12H,4-5,10-11,13H2,1H3,(H,23,26). The molecule has 3 aromatic rings. The van der Waals surface area contributed by atoms with Crippen LogP contribution in [0.4, 0.5) is 5.69 Å². The molecule has 0 unspecified atom stereocenters. The molecule has 1 N–H and O–H groups in total. The van der Waals surface area contributed by atoms with E-state index in [0.29, 0.717) is 11.3 Å². The summed E-state index contributed by atoms with van der Waals surface area (Å²) in [6.07, 6.45) is 2.16. The summed E-state index contributed by atoms with van der Waals surface area (Å²) in [4.78, 5) is 32.3. The fraction of sp³-hybridized carbons (Fsp3) is 0.286. The van der Waals surface area contributed by atoms with Gasteiger partial charge in [0.2, 0.25) is 5.91 Å². The maximum Gasteiger partial charge on any atom is 0.256 e. The number of benzene rings is 2. The van der Waals surface area contributed by atoms with E-state index in [0.717, 1.165) is 51.7 Å². The lowest BCUT2D eigenvalue weighted by atomic mass is 10.2. The van der Waals surface area contributed by atoms with Crippen LogP contribution in [-0.2, 0) is 4.79 Å². The zero-order chi connectivity index (χ0) is 19.5. The molecule has 144 valence electrons. The quantitative estimate of drug-likeness (QED) is 0.625. The summed E-state index contributed by atoms with van der Waals surface area (Å²) in [6, 6.07) is 13.2. The first-order valence-electron chi connectivity index (χ1n) is 9.28. The molecule has 7 heteroatoms. The number of hydrogen-bond acceptors (Lipinski definition) is 5. The Morgan fingerprint density at radius 2 is 1.96 bits per heavy atom. The van der Waals surface area contributed by atoms with Crippen molar-refractivity contribution in [3.05, 3.63) is 53.0 Å². The molecule has 28 heavy (non-hydrogen) atoms. The van der Waals surface area contributed by atoms with Crippen molar-refractivity contribution >= 4 is 50.8 Å². The number of thioether (sulfide) groups is 1. The number of likely N-dealkylation sites (tertiary alicyclic amines) is 1. The molecule has 1 aromatic heterocycles. The molecule has 1 aliphatic rings. The number of amides is 2. The first-order chi connectivity index (χ1) is 13.6. The first kappa shape index (κ1) is 19.0. The van der Waals surface area contributed by atoms with Gasteiger partial charge in [0, 0.05) is 23.7 Å². The van der Waals surface area contributed by atoms with E-state index < -0.39 is 0 Å². The van der Waals surface area contributed by atoms with Crippen molar-refractivity contribution in [1.29, 1.82) is 0 Å². The van der Waals surface area contributed by atoms with E-state index in [-0.39, 0.29) is 11.8 Å². The zero-order valence-corrected chi connectivity index (χ0v) is 17.2. The number of hydrogen-bond donors (Lipinski definition) is 1. The van der Waals surface area contributed by atoms with Crippen LogP contribution < -0.4 is 5.32 Å². The number of aromatic nitrogens is 1. The van der Waals surface area contributed by atoms with Crippen LogP contribution in [0.25, 0.3) is 10.2 Å². The molecular formula is C21H21N3O2S2. The summed E-state index contributed by atoms with van der Waals surface area (Å²) in [5, 5.41) is 3.98. The van der Waals surface area contributed by atoms with E-state index in [1.807, 2.05) is 48.2 Å². The summed E-state index contributed by atoms with van der Waals surface area (Å²) in [5.74, 6) is 0.331. The number of carbonyl (C=O) groups is 2. The van der Waals surface area contributed by atoms with E-state index in [2.05, 4.69) is 10.3 Å². The Kier molecular flexibility index (Phi) is 5.64. The maximum atomic E-state index is 12.8. The van der Waals surface area contributed by atoms with Crippen molar-refractivity contribution < 1.29 is 9.59 Å². The van der Waals surface area contributed by atoms with Crippen LogP contribution >= 0.6 is 23.1 Å². The second-order valence-corrected chi connectivity index (χ2v) is 8.99. The van der Waals surface area contributed by atoms with Gasteiger partial charge in [0.05, 0.1) is 26.5 Å². The lowest BCUT2D eigenvalue weighted by molar-refractivity contribution is -0.127. The fourth-order valence-electron chi connectivity index (χ4n) is 3.29. The van der Waals surface area contributed by atoms with E-state index in [9.17, 15) is 9.59 Å². The van der Waals surface area contributed by atoms with E-state index in [1.165, 1.54) is 11.8 Å². The molecule has 0 atom stereocenters. The first-order valence-corrected chi connectivity index (χ1v) is 11.1. The molecular weight excluding hydrogens is 390 g/mol. The van der Waals surface area contributed by atoms with Crippen molar-refractivity contribution in [3.8, 4) is 0 Å². The Bertz CT molecular complexity index is 1030. The summed E-state index contributed by atoms with van der Waals surface area (Å²) >= 11 is 3.03. The largest absolute Gasteiger partial charge is 0.342 e. The van der Waals surface area contributed by atoms with Crippen LogP contribution in [0.5, 0.6) is 0 Å². The smallest absolute Gasteiger partial charge is 0.256 e. The molecule has 0 radical (unpaired) electrons. The van der Waals surface area contributed by atoms with E-state index in [4.69, 9.17) is 0 Å². The lowest BCUT2D eigenvalue weighted by Crippen LogP contribution is -2.29. The Labute approximate surface area is 172 Å². The highest BCUT2D eigenvalue weighted by atomic mass is 32.2. The van der Waals surface area contributed by atoms with E-state index >= 15 is 0 Å². The molecule has 1 saturated heterocycles. The molecule has 2 amide bonds. The minimum atomic E-state index is -0.169. The SMILES string of the molecule is Cc1nc2ccc(NC(=O)c3ccccc3SCC(=O)N3CCCC3)cc2s1. The predicted molar refractivity (Wildman–Crippen MR) is 115 cm³/mol. The number of thiazole rings is 1. The molecule has 0 saturated carbocycles. The summed E-state index contributed by atoms with van der Waals surface area (Å²) < 4.78 is 1.05. The van der Waals surface area contributed by atoms with Gasteiger partial charge >= 0.3 is 0 Å². The Morgan fingerprint density at radius 3 is 2.79 bits per heavy atom. The number of nitrogens with zero attached hydrogens (tertiary/aromatic N) is 2. The van der Waals surface area contributed by atoms with E-state index in [1.54, 1.807) is 17.4 Å². The topological polar surface area (TPSA) is 62.3 Å². The second-order valence-electron chi connectivity index (χ2n) is 6.74. The normalized spacial score (nSPS) is 13.8. The van der Waals surface area contributed by atoms with Gasteiger partial charge in [-0.2, -0.15) is 0 Å². The highest BCUT2D eigenvalue weighted by Crippen LogP contribution is 2.27. The number of rotatable bonds is 5. The molecule has 1 aliphatic heterocycles. The van der Waals surface area contributed by atoms with Crippen LogP contribution in [0, 0.1) is 6.92 Å². The molecule has 1 fully saturated rings. The lowest BCUT2D eigenvalue weighted by Gasteiger charge is -2.15. The third-order valence-corrected chi connectivity index (χ3v) is 6.69. The summed E-state index contributed by atoms with van der Waals surface area (Å²) in [7, 11) is 0. The average molecular weight is 412 g/mol. The van der Waals surface area contributed by atoms with Crippen molar-refractivity contribution in [3.63, 3.8) is 0 Å². The van der Waals surface area contributed by atoms with Gasteiger partial charge in [0.15, 0.2) is 0 Å². The minimum Gasteiger partial charge on any atom is -0.342 e. The average Bonchev–Trinajstić information content (AvgIpc) is 3.35. The van der Waals surface area contributed by atoms with Crippen LogP contribution in [-0.4, -0.2) is 40.5 Å². The van der Waals surface area contributed by atoms with Gasteiger partial charge in [-0.25, -0.2) is 4.98 Å². The molecule has 2 aromatic carbocycles. The summed E-state index contributed by atoms with van der Waals surface area (Å²) in [6.45, 7) is 3.67. The van der Waals surface area contributed by atoms with Gasteiger partial charge in [-0.05, 0) is 50.1 Å². The molecule has 0 bridgehead atoms. The Morgan fingerprint density at radius 1 is 1.18 bits per heavy atom. The van der Waals surface area contributed by atoms with Crippen molar-refractivity contribution in [1.82, 2.24) is 9.88 Å². The number of anilines is 1. The van der Waals surface area contributed by atoms with Gasteiger partial charge in [-0.15, -0.1) is 23.1 Å². The third-order valence-electron chi connectivity index (χ3n) is 4.69. The van der Waals surface area contributed by atoms with Crippen LogP contribution in [0.1, 0.15) is 28.2 Å². The molecule has 5 nitrogen and oxygen atoms in total. The van der Waals surface area contributed by atoms with Crippen LogP contribution in [0.15, 0.2) is 47.4 Å². The fourth-order valence-corrected chi connectivity index (χ4v) is 5.11. The van der Waals surface area contributed by atoms with Crippen molar-refractivity contribution in [2.24, 2.45) is 0 Å². The van der Waals surface area contributed by atoms with Crippen molar-refractivity contribution in [2.45, 2.75) is 24.7 Å². The molecule has 0 aliphatic carbocycles. The molecule has 4 rings (SSSR count). The Hall–Kier alpha value is -2.38. The maximum absolute atomic E-state index is 12.8. The predicted octanol–water partition coefficient (Wildman–Crippen LogP) is 4.57. The number of fused-ring (bicyclic) bond motifs is 1. The monoisotopic (exact) mass is 411 g/mol. The number of aryl methyl sites for hydroxylation is 1. The van der Waals surface area contributed by atoms with Gasteiger partial charge < -0.3 is 10.2 Å². The van der Waals surface area contributed by atoms with Gasteiger partial charge in [-0.1, -0.05) is 12.1 Å². The van der Waals surface area contributed by atoms with Gasteiger partial charge in [0.1, 0.15) is 0 Å². The molecule has 0 spiro atoms. The van der Waals surface area contributed by atoms with Gasteiger partial charge in [0.25, 0.3) is 5.91 Å². The van der Waals surface area contributed by atoms with Gasteiger partial charge in [-0.3, -0.25) is 9.59 Å². The number of nitrogens with one attached hydrogen (secondary N) is 1. The highest BCUT2D eigenvalue weighted by molar-refractivity contribution is 8.00. The van der Waals surface area contributed by atoms with Crippen LogP contribution in [0.2, 0.25) is 0 Å². The van der Waals surface area contributed by atoms with Crippen LogP contribution in [0.3, 0.4) is 0 Å². The summed E-state index contributed by atoms with van der Waals surface area (Å²) in [5.41, 5.74) is 2.27. The third kappa shape index (κ3) is 4.20. The Balaban J connectivity index is 1.46. The minimum absolute atomic E-state index is 0.142.